The molecule has 2 aromatic rings. The van der Waals surface area contributed by atoms with Crippen molar-refractivity contribution in [3.63, 3.8) is 0 Å². The van der Waals surface area contributed by atoms with Crippen LogP contribution < -0.4 is 0 Å². The SMILES string of the molecule is CS(=O)(=O)c1ccc(-n2cnc(C(F)(F)F)c2)cc1. The number of nitrogens with zero attached hydrogens (tertiary/aromatic N) is 2. The van der Waals surface area contributed by atoms with E-state index in [0.29, 0.717) is 5.69 Å². The van der Waals surface area contributed by atoms with Gasteiger partial charge in [0.25, 0.3) is 0 Å². The molecule has 0 radical (unpaired) electrons. The maximum Gasteiger partial charge on any atom is 0.434 e. The van der Waals surface area contributed by atoms with Crippen molar-refractivity contribution in [2.45, 2.75) is 11.1 Å². The largest absolute Gasteiger partial charge is 0.434 e. The molecule has 0 spiro atoms. The summed E-state index contributed by atoms with van der Waals surface area (Å²) in [5.41, 5.74) is -0.602. The number of halogens is 3. The molecule has 0 fully saturated rings. The van der Waals surface area contributed by atoms with Crippen LogP contribution in [0.1, 0.15) is 5.69 Å². The Bertz CT molecular complexity index is 687. The van der Waals surface area contributed by atoms with Gasteiger partial charge >= 0.3 is 6.18 Å². The lowest BCUT2D eigenvalue weighted by molar-refractivity contribution is -0.140. The predicted molar refractivity (Wildman–Crippen MR) is 61.7 cm³/mol. The van der Waals surface area contributed by atoms with Crippen LogP contribution in [0.25, 0.3) is 5.69 Å². The van der Waals surface area contributed by atoms with Crippen molar-refractivity contribution < 1.29 is 21.6 Å². The molecule has 0 saturated heterocycles. The molecular weight excluding hydrogens is 281 g/mol. The first-order valence-corrected chi connectivity index (χ1v) is 6.99. The zero-order chi connectivity index (χ0) is 14.3. The first-order chi connectivity index (χ1) is 8.68. The molecule has 1 aromatic carbocycles. The molecule has 0 atom stereocenters. The van der Waals surface area contributed by atoms with Gasteiger partial charge in [-0.1, -0.05) is 0 Å². The molecule has 19 heavy (non-hydrogen) atoms. The van der Waals surface area contributed by atoms with E-state index in [4.69, 9.17) is 0 Å². The minimum Gasteiger partial charge on any atom is -0.306 e. The van der Waals surface area contributed by atoms with Gasteiger partial charge in [0.1, 0.15) is 0 Å². The standard InChI is InChI=1S/C11H9F3N2O2S/c1-19(17,18)9-4-2-8(3-5-9)16-6-10(15-7-16)11(12,13)14/h2-7H,1H3. The van der Waals surface area contributed by atoms with Crippen LogP contribution in [0.3, 0.4) is 0 Å². The number of hydrogen-bond acceptors (Lipinski definition) is 3. The summed E-state index contributed by atoms with van der Waals surface area (Å²) in [6, 6.07) is 5.49. The normalized spacial score (nSPS) is 12.6. The molecule has 0 bridgehead atoms. The molecule has 1 heterocycles. The van der Waals surface area contributed by atoms with E-state index in [1.165, 1.54) is 28.8 Å². The molecule has 0 unspecified atom stereocenters. The highest BCUT2D eigenvalue weighted by atomic mass is 32.2. The Kier molecular flexibility index (Phi) is 3.13. The first-order valence-electron chi connectivity index (χ1n) is 5.09. The quantitative estimate of drug-likeness (QED) is 0.852. The maximum atomic E-state index is 12.4. The summed E-state index contributed by atoms with van der Waals surface area (Å²) in [5.74, 6) is 0. The molecule has 0 amide bonds. The number of imidazole rings is 1. The van der Waals surface area contributed by atoms with Gasteiger partial charge in [0.2, 0.25) is 0 Å². The number of rotatable bonds is 2. The fourth-order valence-electron chi connectivity index (χ4n) is 1.48. The summed E-state index contributed by atoms with van der Waals surface area (Å²) in [6.07, 6.45) is -1.58. The second kappa shape index (κ2) is 4.37. The molecule has 8 heteroatoms. The minimum absolute atomic E-state index is 0.104. The van der Waals surface area contributed by atoms with Gasteiger partial charge in [-0.15, -0.1) is 0 Å². The molecule has 1 aromatic heterocycles. The van der Waals surface area contributed by atoms with Crippen LogP contribution in [0.2, 0.25) is 0 Å². The molecule has 0 aliphatic rings. The second-order valence-electron chi connectivity index (χ2n) is 3.93. The number of alkyl halides is 3. The number of hydrogen-bond donors (Lipinski definition) is 0. The average Bonchev–Trinajstić information content (AvgIpc) is 2.77. The summed E-state index contributed by atoms with van der Waals surface area (Å²) < 4.78 is 60.8. The third-order valence-electron chi connectivity index (χ3n) is 2.44. The van der Waals surface area contributed by atoms with Crippen LogP contribution in [0.5, 0.6) is 0 Å². The molecule has 0 aliphatic carbocycles. The van der Waals surface area contributed by atoms with Crippen molar-refractivity contribution in [1.82, 2.24) is 9.55 Å². The van der Waals surface area contributed by atoms with E-state index in [0.717, 1.165) is 18.8 Å². The molecule has 0 aliphatic heterocycles. The first kappa shape index (κ1) is 13.6. The summed E-state index contributed by atoms with van der Waals surface area (Å²) >= 11 is 0. The Balaban J connectivity index is 2.36. The molecular formula is C11H9F3N2O2S. The van der Waals surface area contributed by atoms with Gasteiger partial charge in [0.15, 0.2) is 15.5 Å². The van der Waals surface area contributed by atoms with Crippen LogP contribution in [0.15, 0.2) is 41.7 Å². The third kappa shape index (κ3) is 2.95. The molecule has 0 N–H and O–H groups in total. The fourth-order valence-corrected chi connectivity index (χ4v) is 2.11. The van der Waals surface area contributed by atoms with Crippen LogP contribution in [0, 0.1) is 0 Å². The molecule has 4 nitrogen and oxygen atoms in total. The predicted octanol–water partition coefficient (Wildman–Crippen LogP) is 2.29. The van der Waals surface area contributed by atoms with Gasteiger partial charge in [-0.05, 0) is 24.3 Å². The lowest BCUT2D eigenvalue weighted by atomic mass is 10.3. The van der Waals surface area contributed by atoms with Gasteiger partial charge in [-0.2, -0.15) is 13.2 Å². The van der Waals surface area contributed by atoms with Crippen LogP contribution in [0.4, 0.5) is 13.2 Å². The topological polar surface area (TPSA) is 52.0 Å². The van der Waals surface area contributed by atoms with E-state index in [9.17, 15) is 21.6 Å². The Morgan fingerprint density at radius 1 is 1.16 bits per heavy atom. The summed E-state index contributed by atoms with van der Waals surface area (Å²) in [5, 5.41) is 0. The Hall–Kier alpha value is -1.83. The summed E-state index contributed by atoms with van der Waals surface area (Å²) in [4.78, 5) is 3.36. The van der Waals surface area contributed by atoms with E-state index in [1.807, 2.05) is 0 Å². The van der Waals surface area contributed by atoms with Crippen molar-refractivity contribution in [1.29, 1.82) is 0 Å². The fraction of sp³-hybridized carbons (Fsp3) is 0.182. The maximum absolute atomic E-state index is 12.4. The highest BCUT2D eigenvalue weighted by Crippen LogP contribution is 2.28. The lowest BCUT2D eigenvalue weighted by Gasteiger charge is -2.04. The average molecular weight is 290 g/mol. The van der Waals surface area contributed by atoms with Gasteiger partial charge < -0.3 is 4.57 Å². The Labute approximate surface area is 107 Å². The Morgan fingerprint density at radius 2 is 1.74 bits per heavy atom. The van der Waals surface area contributed by atoms with Gasteiger partial charge in [0.05, 0.1) is 11.2 Å². The van der Waals surface area contributed by atoms with E-state index < -0.39 is 21.7 Å². The van der Waals surface area contributed by atoms with Crippen molar-refractivity contribution in [2.24, 2.45) is 0 Å². The summed E-state index contributed by atoms with van der Waals surface area (Å²) in [6.45, 7) is 0. The molecule has 102 valence electrons. The van der Waals surface area contributed by atoms with Gasteiger partial charge in [0, 0.05) is 18.1 Å². The highest BCUT2D eigenvalue weighted by Gasteiger charge is 2.33. The van der Waals surface area contributed by atoms with E-state index in [-0.39, 0.29) is 4.90 Å². The van der Waals surface area contributed by atoms with Gasteiger partial charge in [-0.3, -0.25) is 0 Å². The zero-order valence-corrected chi connectivity index (χ0v) is 10.5. The van der Waals surface area contributed by atoms with Crippen molar-refractivity contribution in [2.75, 3.05) is 6.26 Å². The van der Waals surface area contributed by atoms with E-state index in [1.54, 1.807) is 0 Å². The van der Waals surface area contributed by atoms with Crippen LogP contribution in [-0.4, -0.2) is 24.2 Å². The zero-order valence-electron chi connectivity index (χ0n) is 9.72. The van der Waals surface area contributed by atoms with Crippen LogP contribution >= 0.6 is 0 Å². The van der Waals surface area contributed by atoms with Crippen molar-refractivity contribution >= 4 is 9.84 Å². The highest BCUT2D eigenvalue weighted by molar-refractivity contribution is 7.90. The van der Waals surface area contributed by atoms with Crippen molar-refractivity contribution in [3.05, 3.63) is 42.5 Å². The van der Waals surface area contributed by atoms with Crippen LogP contribution in [-0.2, 0) is 16.0 Å². The lowest BCUT2D eigenvalue weighted by Crippen LogP contribution is -2.04. The van der Waals surface area contributed by atoms with Gasteiger partial charge in [-0.25, -0.2) is 13.4 Å². The summed E-state index contributed by atoms with van der Waals surface area (Å²) in [7, 11) is -3.32. The van der Waals surface area contributed by atoms with Crippen molar-refractivity contribution in [3.8, 4) is 5.69 Å². The molecule has 2 rings (SSSR count). The Morgan fingerprint density at radius 3 is 2.16 bits per heavy atom. The number of sulfone groups is 1. The monoisotopic (exact) mass is 290 g/mol. The van der Waals surface area contributed by atoms with E-state index in [2.05, 4.69) is 4.98 Å². The minimum atomic E-state index is -4.50. The number of aromatic nitrogens is 2. The molecule has 0 saturated carbocycles. The van der Waals surface area contributed by atoms with E-state index >= 15 is 0 Å². The third-order valence-corrected chi connectivity index (χ3v) is 3.56. The smallest absolute Gasteiger partial charge is 0.306 e. The second-order valence-corrected chi connectivity index (χ2v) is 5.95. The number of benzene rings is 1.